The van der Waals surface area contributed by atoms with E-state index in [0.29, 0.717) is 6.42 Å². The number of nitrogens with one attached hydrogen (secondary N) is 1. The van der Waals surface area contributed by atoms with Gasteiger partial charge in [0.1, 0.15) is 17.0 Å². The molecule has 4 nitrogen and oxygen atoms in total. The van der Waals surface area contributed by atoms with E-state index in [0.717, 1.165) is 12.1 Å². The lowest BCUT2D eigenvalue weighted by molar-refractivity contribution is -0.156. The number of hydrogen-bond donors (Lipinski definition) is 2. The third-order valence-electron chi connectivity index (χ3n) is 3.74. The van der Waals surface area contributed by atoms with Gasteiger partial charge in [-0.05, 0) is 31.4 Å². The minimum Gasteiger partial charge on any atom is -0.480 e. The van der Waals surface area contributed by atoms with E-state index in [9.17, 15) is 23.5 Å². The summed E-state index contributed by atoms with van der Waals surface area (Å²) in [5.41, 5.74) is -1.65. The van der Waals surface area contributed by atoms with E-state index >= 15 is 0 Å². The molecule has 0 fully saturated rings. The van der Waals surface area contributed by atoms with Crippen molar-refractivity contribution in [1.82, 2.24) is 5.32 Å². The van der Waals surface area contributed by atoms with Gasteiger partial charge >= 0.3 is 5.97 Å². The first kappa shape index (κ1) is 16.4. The molecule has 2 rings (SSSR count). The van der Waals surface area contributed by atoms with Crippen LogP contribution in [-0.4, -0.2) is 17.0 Å². The number of aliphatic carboxylic acids is 1. The van der Waals surface area contributed by atoms with Crippen LogP contribution in [0.4, 0.5) is 8.78 Å². The molecule has 2 N–H and O–H groups in total. The molecule has 0 spiro atoms. The number of carboxylic acid groups (broad SMARTS) is 1. The van der Waals surface area contributed by atoms with Gasteiger partial charge in [-0.25, -0.2) is 8.78 Å². The number of allylic oxidation sites excluding steroid dienone is 2. The van der Waals surface area contributed by atoms with Gasteiger partial charge in [-0.15, -0.1) is 0 Å². The van der Waals surface area contributed by atoms with Crippen molar-refractivity contribution in [2.45, 2.75) is 25.8 Å². The summed E-state index contributed by atoms with van der Waals surface area (Å²) < 4.78 is 27.0. The van der Waals surface area contributed by atoms with Crippen molar-refractivity contribution in [3.05, 3.63) is 46.5 Å². The summed E-state index contributed by atoms with van der Waals surface area (Å²) in [4.78, 5) is 23.7. The molecule has 0 radical (unpaired) electrons. The van der Waals surface area contributed by atoms with E-state index in [-0.39, 0.29) is 30.0 Å². The van der Waals surface area contributed by atoms with Crippen LogP contribution >= 0.6 is 11.6 Å². The first-order chi connectivity index (χ1) is 10.4. The number of halogens is 3. The molecule has 0 aromatic heterocycles. The van der Waals surface area contributed by atoms with Crippen LogP contribution in [0.2, 0.25) is 5.02 Å². The Morgan fingerprint density at radius 3 is 2.59 bits per heavy atom. The first-order valence-electron chi connectivity index (χ1n) is 6.67. The second-order valence-electron chi connectivity index (χ2n) is 5.14. The van der Waals surface area contributed by atoms with E-state index in [2.05, 4.69) is 5.32 Å². The van der Waals surface area contributed by atoms with Gasteiger partial charge in [0.2, 0.25) is 5.91 Å². The normalized spacial score (nSPS) is 20.7. The van der Waals surface area contributed by atoms with Gasteiger partial charge in [-0.2, -0.15) is 0 Å². The summed E-state index contributed by atoms with van der Waals surface area (Å²) >= 11 is 5.45. The Balaban J connectivity index is 2.13. The summed E-state index contributed by atoms with van der Waals surface area (Å²) in [6, 6.07) is 1.70. The maximum absolute atomic E-state index is 13.6. The molecule has 0 aliphatic heterocycles. The van der Waals surface area contributed by atoms with Crippen LogP contribution in [-0.2, 0) is 16.1 Å². The molecule has 1 aromatic carbocycles. The number of hydrogen-bond acceptors (Lipinski definition) is 2. The molecule has 1 amide bonds. The fraction of sp³-hybridized carbons (Fsp3) is 0.333. The lowest BCUT2D eigenvalue weighted by Crippen LogP contribution is -2.46. The second-order valence-corrected chi connectivity index (χ2v) is 5.55. The van der Waals surface area contributed by atoms with Gasteiger partial charge in [-0.3, -0.25) is 9.59 Å². The van der Waals surface area contributed by atoms with Crippen LogP contribution < -0.4 is 5.32 Å². The molecule has 1 unspecified atom stereocenters. The molecule has 22 heavy (non-hydrogen) atoms. The summed E-state index contributed by atoms with van der Waals surface area (Å²) in [7, 11) is 0. The van der Waals surface area contributed by atoms with Crippen LogP contribution in [0.5, 0.6) is 0 Å². The predicted octanol–water partition coefficient (Wildman–Crippen LogP) is 3.05. The van der Waals surface area contributed by atoms with Crippen molar-refractivity contribution in [3.8, 4) is 0 Å². The van der Waals surface area contributed by atoms with Crippen molar-refractivity contribution < 1.29 is 23.5 Å². The molecular formula is C15H14ClF2NO3. The SMILES string of the molecule is O=C(O)C1(C(=O)NCc2cc(F)c(Cl)cc2F)CC=CCC1. The van der Waals surface area contributed by atoms with Crippen LogP contribution in [0.15, 0.2) is 24.3 Å². The van der Waals surface area contributed by atoms with E-state index in [1.54, 1.807) is 6.08 Å². The van der Waals surface area contributed by atoms with E-state index in [1.165, 1.54) is 0 Å². The number of carboxylic acids is 1. The zero-order valence-electron chi connectivity index (χ0n) is 11.5. The van der Waals surface area contributed by atoms with Crippen LogP contribution in [0.25, 0.3) is 0 Å². The molecule has 0 heterocycles. The molecule has 0 bridgehead atoms. The van der Waals surface area contributed by atoms with Gasteiger partial charge in [0, 0.05) is 12.1 Å². The van der Waals surface area contributed by atoms with Crippen LogP contribution in [0, 0.1) is 17.0 Å². The van der Waals surface area contributed by atoms with Crippen molar-refractivity contribution in [2.24, 2.45) is 5.41 Å². The Kier molecular flexibility index (Phi) is 4.81. The fourth-order valence-corrected chi connectivity index (χ4v) is 2.53. The third-order valence-corrected chi connectivity index (χ3v) is 4.03. The molecule has 1 atom stereocenters. The average Bonchev–Trinajstić information content (AvgIpc) is 2.49. The minimum atomic E-state index is -1.56. The van der Waals surface area contributed by atoms with Gasteiger partial charge in [-0.1, -0.05) is 23.8 Å². The Labute approximate surface area is 130 Å². The molecule has 1 aromatic rings. The van der Waals surface area contributed by atoms with Crippen molar-refractivity contribution in [1.29, 1.82) is 0 Å². The largest absolute Gasteiger partial charge is 0.480 e. The van der Waals surface area contributed by atoms with Crippen molar-refractivity contribution >= 4 is 23.5 Å². The smallest absolute Gasteiger partial charge is 0.319 e. The van der Waals surface area contributed by atoms with Crippen molar-refractivity contribution in [2.75, 3.05) is 0 Å². The highest BCUT2D eigenvalue weighted by Crippen LogP contribution is 2.33. The zero-order valence-corrected chi connectivity index (χ0v) is 12.3. The van der Waals surface area contributed by atoms with Crippen LogP contribution in [0.3, 0.4) is 0 Å². The highest BCUT2D eigenvalue weighted by Gasteiger charge is 2.45. The number of amides is 1. The van der Waals surface area contributed by atoms with E-state index < -0.39 is 28.9 Å². The quantitative estimate of drug-likeness (QED) is 0.507. The summed E-state index contributed by atoms with van der Waals surface area (Å²) in [6.45, 7) is -0.308. The lowest BCUT2D eigenvalue weighted by atomic mass is 9.76. The van der Waals surface area contributed by atoms with Gasteiger partial charge in [0.25, 0.3) is 0 Å². The van der Waals surface area contributed by atoms with E-state index in [1.807, 2.05) is 6.08 Å². The highest BCUT2D eigenvalue weighted by molar-refractivity contribution is 6.30. The molecule has 1 aliphatic carbocycles. The highest BCUT2D eigenvalue weighted by atomic mass is 35.5. The Bertz CT molecular complexity index is 648. The van der Waals surface area contributed by atoms with Crippen LogP contribution in [0.1, 0.15) is 24.8 Å². The zero-order chi connectivity index (χ0) is 16.3. The topological polar surface area (TPSA) is 66.4 Å². The fourth-order valence-electron chi connectivity index (χ4n) is 2.38. The molecule has 0 saturated carbocycles. The second kappa shape index (κ2) is 6.44. The first-order valence-corrected chi connectivity index (χ1v) is 7.05. The summed E-state index contributed by atoms with van der Waals surface area (Å²) in [5, 5.41) is 11.4. The lowest BCUT2D eigenvalue weighted by Gasteiger charge is -2.29. The Hall–Kier alpha value is -1.95. The predicted molar refractivity (Wildman–Crippen MR) is 76.3 cm³/mol. The standard InChI is InChI=1S/C15H14ClF2NO3/c16-10-7-11(17)9(6-12(10)18)8-19-13(20)15(14(21)22)4-2-1-3-5-15/h1-2,6-7H,3-5,8H2,(H,19,20)(H,21,22). The van der Waals surface area contributed by atoms with Gasteiger partial charge in [0.15, 0.2) is 0 Å². The van der Waals surface area contributed by atoms with E-state index in [4.69, 9.17) is 11.6 Å². The van der Waals surface area contributed by atoms with Crippen molar-refractivity contribution in [3.63, 3.8) is 0 Å². The Morgan fingerprint density at radius 1 is 1.27 bits per heavy atom. The maximum Gasteiger partial charge on any atom is 0.319 e. The monoisotopic (exact) mass is 329 g/mol. The molecule has 118 valence electrons. The minimum absolute atomic E-state index is 0.0750. The third kappa shape index (κ3) is 3.11. The summed E-state index contributed by atoms with van der Waals surface area (Å²) in [6.07, 6.45) is 4.17. The molecule has 1 aliphatic rings. The molecule has 7 heteroatoms. The van der Waals surface area contributed by atoms with Gasteiger partial charge < -0.3 is 10.4 Å². The Morgan fingerprint density at radius 2 is 2.00 bits per heavy atom. The maximum atomic E-state index is 13.6. The van der Waals surface area contributed by atoms with Gasteiger partial charge in [0.05, 0.1) is 5.02 Å². The number of carbonyl (C=O) groups is 2. The number of benzene rings is 1. The average molecular weight is 330 g/mol. The molecule has 0 saturated heterocycles. The summed E-state index contributed by atoms with van der Waals surface area (Å²) in [5.74, 6) is -3.50. The number of carbonyl (C=O) groups excluding carboxylic acids is 1. The number of rotatable bonds is 4. The molecular weight excluding hydrogens is 316 g/mol.